The van der Waals surface area contributed by atoms with Crippen LogP contribution in [0.2, 0.25) is 0 Å². The minimum Gasteiger partial charge on any atom is -0.462 e. The van der Waals surface area contributed by atoms with Gasteiger partial charge in [0.25, 0.3) is 0 Å². The summed E-state index contributed by atoms with van der Waals surface area (Å²) in [7, 11) is 0. The standard InChI is InChI=1S/C27H35N5O3/c1-5-34-27-19(15-28)12-17-13-23-21-7-6-18-14-20(35-16(2)33)8-10-25(18,3)22(21)9-11-26(23,4)24(17)32(27)31-30-29-27/h6,12,20-23H,5,7-11,13-14H2,1-4H3,(H,29,31)/t20-,21+,22-,23-,25-,26-,27?/m0/s1. The molecule has 8 nitrogen and oxygen atoms in total. The second kappa shape index (κ2) is 7.67. The molecule has 0 saturated heterocycles. The van der Waals surface area contributed by atoms with Crippen molar-refractivity contribution in [3.63, 3.8) is 0 Å². The second-order valence-electron chi connectivity index (χ2n) is 11.6. The fourth-order valence-electron chi connectivity index (χ4n) is 8.55. The van der Waals surface area contributed by atoms with E-state index in [1.54, 1.807) is 0 Å². The number of hydrogen-bond donors (Lipinski definition) is 1. The summed E-state index contributed by atoms with van der Waals surface area (Å²) in [5.74, 6) is 0.319. The maximum Gasteiger partial charge on any atom is 0.316 e. The highest BCUT2D eigenvalue weighted by atomic mass is 16.5. The third-order valence-electron chi connectivity index (χ3n) is 10.1. The zero-order valence-corrected chi connectivity index (χ0v) is 21.1. The Kier molecular flexibility index (Phi) is 4.99. The Morgan fingerprint density at radius 1 is 1.26 bits per heavy atom. The monoisotopic (exact) mass is 477 g/mol. The molecule has 0 aromatic carbocycles. The molecule has 35 heavy (non-hydrogen) atoms. The van der Waals surface area contributed by atoms with Crippen LogP contribution in [0.1, 0.15) is 72.6 Å². The number of carbonyl (C=O) groups excluding carboxylic acids is 1. The highest BCUT2D eigenvalue weighted by Crippen LogP contribution is 2.67. The third-order valence-corrected chi connectivity index (χ3v) is 10.1. The van der Waals surface area contributed by atoms with Crippen LogP contribution in [0.5, 0.6) is 0 Å². The zero-order valence-electron chi connectivity index (χ0n) is 21.1. The minimum atomic E-state index is -1.20. The summed E-state index contributed by atoms with van der Waals surface area (Å²) in [5, 5.41) is 20.4. The van der Waals surface area contributed by atoms with Crippen LogP contribution in [0.25, 0.3) is 0 Å². The van der Waals surface area contributed by atoms with E-state index in [4.69, 9.17) is 9.47 Å². The Morgan fingerprint density at radius 3 is 2.80 bits per heavy atom. The predicted molar refractivity (Wildman–Crippen MR) is 128 cm³/mol. The quantitative estimate of drug-likeness (QED) is 0.449. The smallest absolute Gasteiger partial charge is 0.316 e. The van der Waals surface area contributed by atoms with Gasteiger partial charge in [0.15, 0.2) is 0 Å². The molecule has 1 unspecified atom stereocenters. The van der Waals surface area contributed by atoms with Crippen molar-refractivity contribution in [2.45, 2.75) is 84.6 Å². The number of allylic oxidation sites excluding steroid dienone is 4. The molecule has 8 heteroatoms. The first-order valence-corrected chi connectivity index (χ1v) is 13.1. The lowest BCUT2D eigenvalue weighted by atomic mass is 9.47. The average Bonchev–Trinajstić information content (AvgIpc) is 3.37. The van der Waals surface area contributed by atoms with Gasteiger partial charge in [0, 0.05) is 25.4 Å². The molecule has 0 amide bonds. The number of nitriles is 1. The summed E-state index contributed by atoms with van der Waals surface area (Å²) in [4.78, 5) is 11.5. The van der Waals surface area contributed by atoms with Gasteiger partial charge in [-0.3, -0.25) is 4.79 Å². The molecule has 2 fully saturated rings. The van der Waals surface area contributed by atoms with Crippen LogP contribution in [0, 0.1) is 39.9 Å². The van der Waals surface area contributed by atoms with E-state index < -0.39 is 5.85 Å². The van der Waals surface area contributed by atoms with Gasteiger partial charge in [0.2, 0.25) is 0 Å². The van der Waals surface area contributed by atoms with Gasteiger partial charge < -0.3 is 9.47 Å². The van der Waals surface area contributed by atoms with Gasteiger partial charge in [-0.15, -0.1) is 5.11 Å². The van der Waals surface area contributed by atoms with Crippen molar-refractivity contribution in [3.05, 3.63) is 34.6 Å². The topological polar surface area (TPSA) is 99.3 Å². The van der Waals surface area contributed by atoms with E-state index in [0.29, 0.717) is 29.9 Å². The maximum absolute atomic E-state index is 11.5. The molecule has 2 aliphatic heterocycles. The Bertz CT molecular complexity index is 1130. The largest absolute Gasteiger partial charge is 0.462 e. The molecule has 0 radical (unpaired) electrons. The lowest BCUT2D eigenvalue weighted by Gasteiger charge is -2.58. The number of fused-ring (bicyclic) bond motifs is 8. The average molecular weight is 478 g/mol. The van der Waals surface area contributed by atoms with Crippen LogP contribution in [-0.4, -0.2) is 29.5 Å². The highest BCUT2D eigenvalue weighted by Gasteiger charge is 2.63. The normalized spacial score (nSPS) is 43.0. The van der Waals surface area contributed by atoms with Crippen molar-refractivity contribution in [2.75, 3.05) is 6.61 Å². The molecule has 186 valence electrons. The van der Waals surface area contributed by atoms with E-state index >= 15 is 0 Å². The van der Waals surface area contributed by atoms with Gasteiger partial charge in [-0.05, 0) is 80.3 Å². The van der Waals surface area contributed by atoms with Gasteiger partial charge in [-0.2, -0.15) is 10.8 Å². The van der Waals surface area contributed by atoms with Crippen LogP contribution in [0.4, 0.5) is 0 Å². The van der Waals surface area contributed by atoms with Crippen LogP contribution in [0.3, 0.4) is 0 Å². The van der Waals surface area contributed by atoms with E-state index in [1.807, 2.05) is 18.0 Å². The second-order valence-corrected chi connectivity index (χ2v) is 11.6. The summed E-state index contributed by atoms with van der Waals surface area (Å²) in [6, 6.07) is 2.35. The van der Waals surface area contributed by atoms with E-state index in [9.17, 15) is 10.1 Å². The highest BCUT2D eigenvalue weighted by molar-refractivity contribution is 5.66. The summed E-state index contributed by atoms with van der Waals surface area (Å²) in [5.41, 5.74) is 7.64. The number of nitrogens with one attached hydrogen (secondary N) is 1. The van der Waals surface area contributed by atoms with Crippen molar-refractivity contribution in [1.82, 2.24) is 10.5 Å². The first-order chi connectivity index (χ1) is 16.8. The van der Waals surface area contributed by atoms with Gasteiger partial charge in [0.05, 0.1) is 5.70 Å². The lowest BCUT2D eigenvalue weighted by molar-refractivity contribution is -0.148. The molecule has 7 atom stereocenters. The number of esters is 1. The number of carbonyl (C=O) groups is 1. The molecule has 2 heterocycles. The Balaban J connectivity index is 1.33. The summed E-state index contributed by atoms with van der Waals surface area (Å²) in [6.07, 6.45) is 11.7. The lowest BCUT2D eigenvalue weighted by Crippen LogP contribution is -2.57. The van der Waals surface area contributed by atoms with Crippen molar-refractivity contribution >= 4 is 5.97 Å². The third kappa shape index (κ3) is 2.97. The molecule has 0 aromatic heterocycles. The number of nitrogens with zero attached hydrogens (tertiary/aromatic N) is 4. The molecule has 0 bridgehead atoms. The first kappa shape index (κ1) is 22.8. The van der Waals surface area contributed by atoms with E-state index in [0.717, 1.165) is 38.5 Å². The molecule has 4 aliphatic carbocycles. The van der Waals surface area contributed by atoms with Gasteiger partial charge in [0.1, 0.15) is 17.7 Å². The molecular weight excluding hydrogens is 442 g/mol. The van der Waals surface area contributed by atoms with Crippen LogP contribution in [0.15, 0.2) is 44.9 Å². The summed E-state index contributed by atoms with van der Waals surface area (Å²) >= 11 is 0. The number of ether oxygens (including phenoxy) is 2. The SMILES string of the molecule is CCOC12N=NNN1C1=C(C=C2C#N)C[C@H]2[C@@H]3CC=C4C[C@@H](OC(C)=O)CC[C@]4(C)[C@H]3CC[C@]12C. The first-order valence-electron chi connectivity index (χ1n) is 13.1. The maximum atomic E-state index is 11.5. The Hall–Kier alpha value is -2.66. The number of hydrogen-bond acceptors (Lipinski definition) is 8. The van der Waals surface area contributed by atoms with Gasteiger partial charge >= 0.3 is 11.8 Å². The fourth-order valence-corrected chi connectivity index (χ4v) is 8.55. The minimum absolute atomic E-state index is 0.0210. The van der Waals surface area contributed by atoms with Crippen molar-refractivity contribution in [3.8, 4) is 6.07 Å². The van der Waals surface area contributed by atoms with Crippen molar-refractivity contribution in [1.29, 1.82) is 5.26 Å². The van der Waals surface area contributed by atoms with E-state index in [1.165, 1.54) is 30.2 Å². The van der Waals surface area contributed by atoms with E-state index in [-0.39, 0.29) is 22.9 Å². The number of hydrazine groups is 1. The molecule has 1 N–H and O–H groups in total. The molecule has 0 spiro atoms. The van der Waals surface area contributed by atoms with Crippen LogP contribution < -0.4 is 5.53 Å². The Morgan fingerprint density at radius 2 is 2.06 bits per heavy atom. The molecule has 2 saturated carbocycles. The van der Waals surface area contributed by atoms with Crippen molar-refractivity contribution in [2.24, 2.45) is 38.9 Å². The molecule has 6 aliphatic rings. The molecular formula is C27H35N5O3. The summed E-state index contributed by atoms with van der Waals surface area (Å²) in [6.45, 7) is 8.73. The Labute approximate surface area is 207 Å². The molecule has 0 aromatic rings. The van der Waals surface area contributed by atoms with Gasteiger partial charge in [-0.25, -0.2) is 5.01 Å². The van der Waals surface area contributed by atoms with Crippen LogP contribution >= 0.6 is 0 Å². The van der Waals surface area contributed by atoms with E-state index in [2.05, 4.69) is 41.9 Å². The summed E-state index contributed by atoms with van der Waals surface area (Å²) < 4.78 is 11.7. The number of rotatable bonds is 3. The predicted octanol–water partition coefficient (Wildman–Crippen LogP) is 5.09. The fraction of sp³-hybridized carbons (Fsp3) is 0.704. The van der Waals surface area contributed by atoms with Gasteiger partial charge in [-0.1, -0.05) is 30.7 Å². The zero-order chi connectivity index (χ0) is 24.6. The van der Waals surface area contributed by atoms with Crippen LogP contribution in [-0.2, 0) is 14.3 Å². The molecule has 6 rings (SSSR count). The van der Waals surface area contributed by atoms with Crippen molar-refractivity contribution < 1.29 is 14.3 Å².